The molecular weight excluding hydrogens is 538 g/mol. The molecule has 0 aliphatic heterocycles. The maximum atomic E-state index is 12.9. The highest BCUT2D eigenvalue weighted by Crippen LogP contribution is 2.32. The molecule has 0 atom stereocenters. The Morgan fingerprint density at radius 2 is 1.85 bits per heavy atom. The van der Waals surface area contributed by atoms with Crippen LogP contribution in [0.4, 0.5) is 0 Å². The summed E-state index contributed by atoms with van der Waals surface area (Å²) < 4.78 is 43.0. The first-order valence-electron chi connectivity index (χ1n) is 12.4. The summed E-state index contributed by atoms with van der Waals surface area (Å²) >= 11 is 0. The third-order valence-corrected chi connectivity index (χ3v) is 9.22. The van der Waals surface area contributed by atoms with E-state index >= 15 is 0 Å². The highest BCUT2D eigenvalue weighted by Gasteiger charge is 2.23. The number of rotatable bonds is 11. The minimum Gasteiger partial charge on any atom is -0.465 e. The van der Waals surface area contributed by atoms with Crippen LogP contribution in [0, 0.1) is 0 Å². The smallest absolute Gasteiger partial charge is 0.340 e. The Labute approximate surface area is 228 Å². The van der Waals surface area contributed by atoms with Crippen molar-refractivity contribution in [3.63, 3.8) is 0 Å². The fourth-order valence-electron chi connectivity index (χ4n) is 3.73. The second-order valence-corrected chi connectivity index (χ2v) is 17.8. The number of nitrogens with zero attached hydrogens (tertiary/aromatic N) is 5. The van der Waals surface area contributed by atoms with Crippen molar-refractivity contribution in [2.75, 3.05) is 19.5 Å². The highest BCUT2D eigenvalue weighted by atomic mass is 32.2. The summed E-state index contributed by atoms with van der Waals surface area (Å²) in [6, 6.07) is 7.09. The molecular formula is C26H31N5O6SSi. The van der Waals surface area contributed by atoms with Crippen LogP contribution in [0.2, 0.25) is 25.7 Å². The van der Waals surface area contributed by atoms with E-state index in [1.807, 2.05) is 0 Å². The first-order chi connectivity index (χ1) is 18.5. The summed E-state index contributed by atoms with van der Waals surface area (Å²) in [7, 11) is -3.45. The monoisotopic (exact) mass is 569 g/mol. The highest BCUT2D eigenvalue weighted by molar-refractivity contribution is 7.91. The van der Waals surface area contributed by atoms with Gasteiger partial charge in [-0.3, -0.25) is 9.55 Å². The van der Waals surface area contributed by atoms with Gasteiger partial charge in [0.25, 0.3) is 0 Å². The molecule has 0 bridgehead atoms. The van der Waals surface area contributed by atoms with Crippen molar-refractivity contribution in [3.8, 4) is 23.0 Å². The largest absolute Gasteiger partial charge is 0.465 e. The summed E-state index contributed by atoms with van der Waals surface area (Å²) in [6.45, 7) is 9.09. The number of sulfone groups is 1. The number of ether oxygens (including phenoxy) is 3. The lowest BCUT2D eigenvalue weighted by Gasteiger charge is -2.17. The number of methoxy groups -OCH3 is 1. The number of pyridine rings is 1. The van der Waals surface area contributed by atoms with Crippen LogP contribution in [0.15, 0.2) is 54.1 Å². The van der Waals surface area contributed by atoms with E-state index in [1.165, 1.54) is 25.4 Å². The molecule has 1 aromatic carbocycles. The first kappa shape index (κ1) is 28.3. The van der Waals surface area contributed by atoms with Crippen LogP contribution in [0.1, 0.15) is 17.3 Å². The average molecular weight is 570 g/mol. The molecule has 0 N–H and O–H groups in total. The van der Waals surface area contributed by atoms with Gasteiger partial charge in [0.2, 0.25) is 0 Å². The third kappa shape index (κ3) is 6.67. The molecule has 0 aliphatic rings. The number of fused-ring (bicyclic) bond motifs is 1. The minimum atomic E-state index is -3.45. The Kier molecular flexibility index (Phi) is 8.42. The SMILES string of the molecule is CCS(=O)(=O)c1ccc(Oc2cc(C(=O)OC)c3c(c2)nc(-c2cnccn2)n3COCC[Si](C)(C)C)cn1. The predicted octanol–water partition coefficient (Wildman–Crippen LogP) is 4.57. The summed E-state index contributed by atoms with van der Waals surface area (Å²) in [5, 5.41) is -0.0375. The summed E-state index contributed by atoms with van der Waals surface area (Å²) in [4.78, 5) is 30.2. The van der Waals surface area contributed by atoms with Crippen molar-refractivity contribution in [1.82, 2.24) is 24.5 Å². The molecule has 0 saturated carbocycles. The lowest BCUT2D eigenvalue weighted by atomic mass is 10.1. The number of hydrogen-bond donors (Lipinski definition) is 0. The molecule has 13 heteroatoms. The maximum absolute atomic E-state index is 12.9. The molecule has 3 aromatic heterocycles. The molecule has 206 valence electrons. The van der Waals surface area contributed by atoms with E-state index in [2.05, 4.69) is 34.6 Å². The minimum absolute atomic E-state index is 0.0375. The number of aromatic nitrogens is 5. The van der Waals surface area contributed by atoms with E-state index < -0.39 is 23.9 Å². The molecule has 0 fully saturated rings. The number of benzene rings is 1. The van der Waals surface area contributed by atoms with E-state index in [4.69, 9.17) is 19.2 Å². The summed E-state index contributed by atoms with van der Waals surface area (Å²) in [5.41, 5.74) is 1.70. The van der Waals surface area contributed by atoms with Gasteiger partial charge in [-0.1, -0.05) is 26.6 Å². The molecule has 39 heavy (non-hydrogen) atoms. The van der Waals surface area contributed by atoms with E-state index in [9.17, 15) is 13.2 Å². The zero-order chi connectivity index (χ0) is 28.2. The van der Waals surface area contributed by atoms with E-state index in [1.54, 1.807) is 42.2 Å². The molecule has 4 aromatic rings. The molecule has 0 saturated heterocycles. The zero-order valence-electron chi connectivity index (χ0n) is 22.5. The van der Waals surface area contributed by atoms with Gasteiger partial charge in [-0.15, -0.1) is 0 Å². The van der Waals surface area contributed by atoms with Crippen molar-refractivity contribution < 1.29 is 27.4 Å². The molecule has 0 radical (unpaired) electrons. The molecule has 4 rings (SSSR count). The van der Waals surface area contributed by atoms with Gasteiger partial charge in [-0.05, 0) is 24.2 Å². The number of carbonyl (C=O) groups is 1. The Morgan fingerprint density at radius 1 is 1.05 bits per heavy atom. The van der Waals surface area contributed by atoms with Gasteiger partial charge in [-0.2, -0.15) is 0 Å². The quantitative estimate of drug-likeness (QED) is 0.143. The van der Waals surface area contributed by atoms with Gasteiger partial charge in [0.1, 0.15) is 23.9 Å². The Balaban J connectivity index is 1.77. The van der Waals surface area contributed by atoms with Crippen molar-refractivity contribution >= 4 is 34.9 Å². The van der Waals surface area contributed by atoms with Crippen LogP contribution in [0.3, 0.4) is 0 Å². The Bertz CT molecular complexity index is 1570. The summed E-state index contributed by atoms with van der Waals surface area (Å²) in [5.74, 6) is 0.429. The van der Waals surface area contributed by atoms with Crippen molar-refractivity contribution in [3.05, 3.63) is 54.6 Å². The van der Waals surface area contributed by atoms with E-state index in [0.717, 1.165) is 6.04 Å². The van der Waals surface area contributed by atoms with Gasteiger partial charge in [0, 0.05) is 33.1 Å². The standard InChI is InChI=1S/C26H31N5O6SSi/c1-6-38(33,34)23-8-7-18(15-29-23)37-19-13-20(26(32)35-2)24-21(14-19)30-25(22-16-27-9-10-28-22)31(24)17-36-11-12-39(3,4)5/h7-10,13-16H,6,11-12,17H2,1-5H3. The second kappa shape index (κ2) is 11.6. The van der Waals surface area contributed by atoms with Crippen LogP contribution < -0.4 is 4.74 Å². The molecule has 11 nitrogen and oxygen atoms in total. The van der Waals surface area contributed by atoms with Gasteiger partial charge in [-0.25, -0.2) is 28.2 Å². The number of carbonyl (C=O) groups excluding carboxylic acids is 1. The molecule has 0 unspecified atom stereocenters. The van der Waals surface area contributed by atoms with Crippen molar-refractivity contribution in [2.45, 2.75) is 44.4 Å². The second-order valence-electron chi connectivity index (χ2n) is 9.97. The van der Waals surface area contributed by atoms with Crippen LogP contribution in [0.5, 0.6) is 11.5 Å². The number of imidazole rings is 1. The number of esters is 1. The fourth-order valence-corrected chi connectivity index (χ4v) is 5.27. The van der Waals surface area contributed by atoms with Crippen LogP contribution in [-0.2, 0) is 26.0 Å². The van der Waals surface area contributed by atoms with Gasteiger partial charge in [0.15, 0.2) is 20.7 Å². The van der Waals surface area contributed by atoms with Crippen LogP contribution in [0.25, 0.3) is 22.6 Å². The molecule has 0 spiro atoms. The Morgan fingerprint density at radius 3 is 2.46 bits per heavy atom. The van der Waals surface area contributed by atoms with E-state index in [0.29, 0.717) is 40.7 Å². The Hall–Kier alpha value is -3.68. The van der Waals surface area contributed by atoms with Crippen LogP contribution >= 0.6 is 0 Å². The summed E-state index contributed by atoms with van der Waals surface area (Å²) in [6.07, 6.45) is 6.04. The molecule has 0 aliphatic carbocycles. The van der Waals surface area contributed by atoms with Gasteiger partial charge in [0.05, 0.1) is 41.9 Å². The average Bonchev–Trinajstić information content (AvgIpc) is 3.28. The van der Waals surface area contributed by atoms with Crippen molar-refractivity contribution in [1.29, 1.82) is 0 Å². The van der Waals surface area contributed by atoms with Gasteiger partial charge < -0.3 is 14.2 Å². The normalized spacial score (nSPS) is 12.0. The topological polar surface area (TPSA) is 135 Å². The maximum Gasteiger partial charge on any atom is 0.340 e. The predicted molar refractivity (Wildman–Crippen MR) is 148 cm³/mol. The third-order valence-electron chi connectivity index (χ3n) is 5.87. The van der Waals surface area contributed by atoms with Crippen LogP contribution in [-0.4, -0.2) is 66.4 Å². The lowest BCUT2D eigenvalue weighted by molar-refractivity contribution is 0.0600. The fraction of sp³-hybridized carbons (Fsp3) is 0.346. The lowest BCUT2D eigenvalue weighted by Crippen LogP contribution is -2.22. The van der Waals surface area contributed by atoms with Gasteiger partial charge >= 0.3 is 5.97 Å². The number of hydrogen-bond acceptors (Lipinski definition) is 10. The van der Waals surface area contributed by atoms with Crippen molar-refractivity contribution in [2.24, 2.45) is 0 Å². The molecule has 0 amide bonds. The van der Waals surface area contributed by atoms with E-state index in [-0.39, 0.29) is 23.1 Å². The zero-order valence-corrected chi connectivity index (χ0v) is 24.4. The molecule has 3 heterocycles. The first-order valence-corrected chi connectivity index (χ1v) is 17.7.